The predicted octanol–water partition coefficient (Wildman–Crippen LogP) is -0.635. The summed E-state index contributed by atoms with van der Waals surface area (Å²) in [6.07, 6.45) is -0.717. The molecule has 1 heterocycles. The van der Waals surface area contributed by atoms with Crippen LogP contribution in [-0.4, -0.2) is 65.3 Å². The first-order valence-corrected chi connectivity index (χ1v) is 6.34. The van der Waals surface area contributed by atoms with E-state index in [1.807, 2.05) is 0 Å². The molecule has 2 amide bonds. The molecule has 0 aromatic carbocycles. The summed E-state index contributed by atoms with van der Waals surface area (Å²) in [5, 5.41) is 19.6. The van der Waals surface area contributed by atoms with Crippen LogP contribution in [0.4, 0.5) is 4.79 Å². The fourth-order valence-corrected chi connectivity index (χ4v) is 2.21. The molecule has 21 heavy (non-hydrogen) atoms. The number of aliphatic carboxylic acids is 2. The second kappa shape index (κ2) is 6.91. The fourth-order valence-electron chi connectivity index (χ4n) is 2.21. The van der Waals surface area contributed by atoms with Gasteiger partial charge in [0.1, 0.15) is 6.04 Å². The Morgan fingerprint density at radius 3 is 2.38 bits per heavy atom. The van der Waals surface area contributed by atoms with Crippen molar-refractivity contribution in [2.45, 2.75) is 19.4 Å². The van der Waals surface area contributed by atoms with Gasteiger partial charge in [-0.2, -0.15) is 0 Å². The van der Waals surface area contributed by atoms with Gasteiger partial charge in [-0.25, -0.2) is 9.59 Å². The number of carboxylic acids is 2. The zero-order valence-electron chi connectivity index (χ0n) is 11.7. The molecular formula is C12H18N2O7. The summed E-state index contributed by atoms with van der Waals surface area (Å²) >= 11 is 0. The van der Waals surface area contributed by atoms with Crippen molar-refractivity contribution in [2.75, 3.05) is 20.2 Å². The highest BCUT2D eigenvalue weighted by atomic mass is 16.5. The van der Waals surface area contributed by atoms with Crippen molar-refractivity contribution in [1.82, 2.24) is 10.2 Å². The van der Waals surface area contributed by atoms with E-state index >= 15 is 0 Å². The van der Waals surface area contributed by atoms with E-state index in [2.05, 4.69) is 10.1 Å². The number of likely N-dealkylation sites (tertiary alicyclic amines) is 1. The SMILES string of the molecule is COC(=O)C1CN(C(=O)NC(CC(=O)O)C(=O)O)CC1C. The summed E-state index contributed by atoms with van der Waals surface area (Å²) in [7, 11) is 1.26. The molecule has 1 aliphatic rings. The van der Waals surface area contributed by atoms with E-state index in [1.54, 1.807) is 6.92 Å². The van der Waals surface area contributed by atoms with Gasteiger partial charge in [-0.15, -0.1) is 0 Å². The molecule has 0 saturated carbocycles. The van der Waals surface area contributed by atoms with Gasteiger partial charge in [0.2, 0.25) is 0 Å². The number of nitrogens with zero attached hydrogens (tertiary/aromatic N) is 1. The van der Waals surface area contributed by atoms with E-state index < -0.39 is 42.3 Å². The number of urea groups is 1. The van der Waals surface area contributed by atoms with Gasteiger partial charge in [-0.1, -0.05) is 6.92 Å². The first kappa shape index (κ1) is 16.7. The Kier molecular flexibility index (Phi) is 5.51. The molecule has 118 valence electrons. The molecule has 3 unspecified atom stereocenters. The van der Waals surface area contributed by atoms with Gasteiger partial charge in [0, 0.05) is 13.1 Å². The van der Waals surface area contributed by atoms with Gasteiger partial charge >= 0.3 is 23.9 Å². The normalized spacial score (nSPS) is 22.5. The summed E-state index contributed by atoms with van der Waals surface area (Å²) in [6, 6.07) is -2.22. The maximum absolute atomic E-state index is 12.0. The molecule has 0 bridgehead atoms. The second-order valence-electron chi connectivity index (χ2n) is 4.95. The van der Waals surface area contributed by atoms with E-state index in [9.17, 15) is 19.2 Å². The Balaban J connectivity index is 2.65. The molecule has 0 aromatic rings. The number of esters is 1. The maximum Gasteiger partial charge on any atom is 0.326 e. The highest BCUT2D eigenvalue weighted by Crippen LogP contribution is 2.24. The van der Waals surface area contributed by atoms with Crippen LogP contribution in [0.5, 0.6) is 0 Å². The lowest BCUT2D eigenvalue weighted by Gasteiger charge is -2.20. The molecule has 9 nitrogen and oxygen atoms in total. The Labute approximate surface area is 120 Å². The maximum atomic E-state index is 12.0. The Hall–Kier alpha value is -2.32. The highest BCUT2D eigenvalue weighted by Gasteiger charge is 2.38. The number of carboxylic acid groups (broad SMARTS) is 2. The molecule has 1 aliphatic heterocycles. The quantitative estimate of drug-likeness (QED) is 0.575. The number of hydrogen-bond acceptors (Lipinski definition) is 5. The van der Waals surface area contributed by atoms with Gasteiger partial charge in [0.15, 0.2) is 0 Å². The minimum absolute atomic E-state index is 0.110. The number of amides is 2. The molecule has 0 radical (unpaired) electrons. The van der Waals surface area contributed by atoms with Crippen molar-refractivity contribution in [3.8, 4) is 0 Å². The van der Waals surface area contributed by atoms with Crippen LogP contribution >= 0.6 is 0 Å². The summed E-state index contributed by atoms with van der Waals surface area (Å²) in [6.45, 7) is 2.16. The molecule has 1 rings (SSSR count). The lowest BCUT2D eigenvalue weighted by atomic mass is 9.99. The molecule has 3 atom stereocenters. The van der Waals surface area contributed by atoms with E-state index in [0.717, 1.165) is 0 Å². The third-order valence-electron chi connectivity index (χ3n) is 3.38. The smallest absolute Gasteiger partial charge is 0.326 e. The summed E-state index contributed by atoms with van der Waals surface area (Å²) < 4.78 is 4.64. The number of ether oxygens (including phenoxy) is 1. The van der Waals surface area contributed by atoms with Crippen LogP contribution in [0.2, 0.25) is 0 Å². The van der Waals surface area contributed by atoms with Crippen molar-refractivity contribution >= 4 is 23.9 Å². The van der Waals surface area contributed by atoms with Crippen molar-refractivity contribution in [2.24, 2.45) is 11.8 Å². The second-order valence-corrected chi connectivity index (χ2v) is 4.95. The van der Waals surface area contributed by atoms with E-state index in [4.69, 9.17) is 10.2 Å². The van der Waals surface area contributed by atoms with Crippen LogP contribution in [0.1, 0.15) is 13.3 Å². The van der Waals surface area contributed by atoms with Gasteiger partial charge in [0.05, 0.1) is 19.4 Å². The van der Waals surface area contributed by atoms with Crippen LogP contribution in [-0.2, 0) is 19.1 Å². The number of hydrogen-bond donors (Lipinski definition) is 3. The van der Waals surface area contributed by atoms with E-state index in [1.165, 1.54) is 12.0 Å². The standard InChI is InChI=1S/C12H18N2O7/c1-6-4-14(5-7(6)11(19)21-2)12(20)13-8(10(17)18)3-9(15)16/h6-8H,3-5H2,1-2H3,(H,13,20)(H,15,16)(H,17,18). The number of rotatable bonds is 5. The van der Waals surface area contributed by atoms with Crippen LogP contribution in [0, 0.1) is 11.8 Å². The largest absolute Gasteiger partial charge is 0.481 e. The minimum Gasteiger partial charge on any atom is -0.481 e. The fraction of sp³-hybridized carbons (Fsp3) is 0.667. The first-order valence-electron chi connectivity index (χ1n) is 6.34. The molecule has 0 aliphatic carbocycles. The lowest BCUT2D eigenvalue weighted by molar-refractivity contribution is -0.146. The van der Waals surface area contributed by atoms with Gasteiger partial charge < -0.3 is 25.2 Å². The average molecular weight is 302 g/mol. The average Bonchev–Trinajstić information content (AvgIpc) is 2.78. The van der Waals surface area contributed by atoms with E-state index in [0.29, 0.717) is 0 Å². The van der Waals surface area contributed by atoms with Crippen molar-refractivity contribution in [1.29, 1.82) is 0 Å². The molecular weight excluding hydrogens is 284 g/mol. The van der Waals surface area contributed by atoms with Crippen molar-refractivity contribution < 1.29 is 34.1 Å². The Morgan fingerprint density at radius 1 is 1.29 bits per heavy atom. The molecule has 9 heteroatoms. The van der Waals surface area contributed by atoms with Crippen LogP contribution in [0.15, 0.2) is 0 Å². The summed E-state index contributed by atoms with van der Waals surface area (Å²) in [5.41, 5.74) is 0. The Morgan fingerprint density at radius 2 is 1.90 bits per heavy atom. The van der Waals surface area contributed by atoms with Crippen LogP contribution < -0.4 is 5.32 Å². The topological polar surface area (TPSA) is 133 Å². The van der Waals surface area contributed by atoms with Crippen LogP contribution in [0.3, 0.4) is 0 Å². The zero-order valence-corrected chi connectivity index (χ0v) is 11.7. The van der Waals surface area contributed by atoms with Crippen molar-refractivity contribution in [3.63, 3.8) is 0 Å². The molecule has 0 spiro atoms. The van der Waals surface area contributed by atoms with Gasteiger partial charge in [-0.05, 0) is 5.92 Å². The highest BCUT2D eigenvalue weighted by molar-refractivity contribution is 5.86. The molecule has 1 fully saturated rings. The first-order chi connectivity index (χ1) is 9.76. The third kappa shape index (κ3) is 4.33. The number of carbonyl (C=O) groups excluding carboxylic acids is 2. The number of methoxy groups -OCH3 is 1. The van der Waals surface area contributed by atoms with E-state index in [-0.39, 0.29) is 19.0 Å². The van der Waals surface area contributed by atoms with Gasteiger partial charge in [0.25, 0.3) is 0 Å². The number of nitrogens with one attached hydrogen (secondary N) is 1. The third-order valence-corrected chi connectivity index (χ3v) is 3.38. The molecule has 1 saturated heterocycles. The van der Waals surface area contributed by atoms with Crippen LogP contribution in [0.25, 0.3) is 0 Å². The predicted molar refractivity (Wildman–Crippen MR) is 68.5 cm³/mol. The summed E-state index contributed by atoms with van der Waals surface area (Å²) in [4.78, 5) is 46.2. The Bertz CT molecular complexity index is 451. The van der Waals surface area contributed by atoms with Gasteiger partial charge in [-0.3, -0.25) is 9.59 Å². The van der Waals surface area contributed by atoms with Crippen molar-refractivity contribution in [3.05, 3.63) is 0 Å². The summed E-state index contributed by atoms with van der Waals surface area (Å²) in [5.74, 6) is -3.78. The molecule has 0 aromatic heterocycles. The number of carbonyl (C=O) groups is 4. The monoisotopic (exact) mass is 302 g/mol. The minimum atomic E-state index is -1.51. The molecule has 3 N–H and O–H groups in total. The lowest BCUT2D eigenvalue weighted by Crippen LogP contribution is -2.48. The zero-order chi connectivity index (χ0) is 16.2.